The zero-order valence-electron chi connectivity index (χ0n) is 14.5. The third-order valence-corrected chi connectivity index (χ3v) is 5.80. The van der Waals surface area contributed by atoms with Gasteiger partial charge in [0.2, 0.25) is 5.91 Å². The van der Waals surface area contributed by atoms with Gasteiger partial charge in [-0.15, -0.1) is 6.58 Å². The first-order valence-corrected chi connectivity index (χ1v) is 10.3. The lowest BCUT2D eigenvalue weighted by atomic mass is 9.81. The van der Waals surface area contributed by atoms with Crippen LogP contribution in [0.15, 0.2) is 24.8 Å². The molecule has 0 aromatic carbocycles. The van der Waals surface area contributed by atoms with Gasteiger partial charge < -0.3 is 15.5 Å². The van der Waals surface area contributed by atoms with Gasteiger partial charge in [-0.05, 0) is 19.3 Å². The number of carbonyl (C=O) groups excluding carboxylic acids is 1. The highest BCUT2D eigenvalue weighted by molar-refractivity contribution is 8.76. The molecule has 1 aliphatic carbocycles. The fourth-order valence-corrected chi connectivity index (χ4v) is 3.95. The van der Waals surface area contributed by atoms with Gasteiger partial charge in [-0.1, -0.05) is 39.8 Å². The molecule has 11 heteroatoms. The Hall–Kier alpha value is -1.62. The number of amides is 1. The van der Waals surface area contributed by atoms with Crippen LogP contribution >= 0.6 is 21.6 Å². The number of hydrogen-bond donors (Lipinski definition) is 3. The lowest BCUT2D eigenvalue weighted by Crippen LogP contribution is -2.40. The molecule has 0 aliphatic heterocycles. The molecule has 0 bridgehead atoms. The number of nitrogens with one attached hydrogen (secondary N) is 1. The molecule has 0 spiro atoms. The van der Waals surface area contributed by atoms with Crippen molar-refractivity contribution in [2.24, 2.45) is 5.41 Å². The minimum atomic E-state index is -5.08. The number of carboxylic acids is 2. The predicted molar refractivity (Wildman–Crippen MR) is 99.5 cm³/mol. The first-order chi connectivity index (χ1) is 12.5. The number of carbonyl (C=O) groups is 3. The number of alkyl halides is 3. The third kappa shape index (κ3) is 11.0. The predicted octanol–water partition coefficient (Wildman–Crippen LogP) is 3.50. The summed E-state index contributed by atoms with van der Waals surface area (Å²) < 4.78 is 31.7. The molecule has 0 aromatic heterocycles. The summed E-state index contributed by atoms with van der Waals surface area (Å²) in [6.45, 7) is 4.35. The zero-order chi connectivity index (χ0) is 20.9. The Morgan fingerprint density at radius 2 is 1.67 bits per heavy atom. The molecule has 0 aromatic rings. The molecule has 1 amide bonds. The van der Waals surface area contributed by atoms with Crippen molar-refractivity contribution in [2.45, 2.75) is 31.9 Å². The SMILES string of the molecule is C=CCC1(C(=O)NCCSSCCC(=O)O)CC=CC1.O=C(O)C(F)(F)F. The van der Waals surface area contributed by atoms with Crippen molar-refractivity contribution in [1.82, 2.24) is 5.32 Å². The summed E-state index contributed by atoms with van der Waals surface area (Å²) in [6.07, 6.45) is 3.28. The van der Waals surface area contributed by atoms with E-state index in [0.717, 1.165) is 18.6 Å². The fourth-order valence-electron chi connectivity index (χ4n) is 2.06. The highest BCUT2D eigenvalue weighted by Crippen LogP contribution is 2.37. The van der Waals surface area contributed by atoms with Gasteiger partial charge in [0.1, 0.15) is 0 Å². The standard InChI is InChI=1S/C14H21NO3S2.C2HF3O2/c1-2-6-14(7-3-4-8-14)13(18)15-9-11-20-19-10-5-12(16)17;3-2(4,5)1(6)7/h2-4H,1,5-11H2,(H,15,18)(H,16,17);(H,6,7). The van der Waals surface area contributed by atoms with Crippen molar-refractivity contribution in [3.05, 3.63) is 24.8 Å². The summed E-state index contributed by atoms with van der Waals surface area (Å²) in [5.41, 5.74) is -0.330. The van der Waals surface area contributed by atoms with Gasteiger partial charge in [-0.3, -0.25) is 9.59 Å². The van der Waals surface area contributed by atoms with Crippen LogP contribution in [0.4, 0.5) is 13.2 Å². The Morgan fingerprint density at radius 1 is 1.15 bits per heavy atom. The fraction of sp³-hybridized carbons (Fsp3) is 0.562. The Kier molecular flexibility index (Phi) is 11.9. The van der Waals surface area contributed by atoms with E-state index in [-0.39, 0.29) is 17.7 Å². The lowest BCUT2D eigenvalue weighted by molar-refractivity contribution is -0.192. The Bertz CT molecular complexity index is 545. The van der Waals surface area contributed by atoms with Crippen LogP contribution < -0.4 is 5.32 Å². The quantitative estimate of drug-likeness (QED) is 0.277. The van der Waals surface area contributed by atoms with Crippen molar-refractivity contribution in [1.29, 1.82) is 0 Å². The van der Waals surface area contributed by atoms with Gasteiger partial charge in [0.05, 0.1) is 11.8 Å². The zero-order valence-corrected chi connectivity index (χ0v) is 16.1. The molecule has 0 saturated carbocycles. The minimum absolute atomic E-state index is 0.0959. The first-order valence-electron chi connectivity index (χ1n) is 7.85. The maximum atomic E-state index is 12.2. The first kappa shape index (κ1) is 25.4. The van der Waals surface area contributed by atoms with E-state index in [4.69, 9.17) is 15.0 Å². The molecule has 6 nitrogen and oxygen atoms in total. The van der Waals surface area contributed by atoms with Crippen LogP contribution in [0.25, 0.3) is 0 Å². The second-order valence-corrected chi connectivity index (χ2v) is 8.20. The van der Waals surface area contributed by atoms with Crippen LogP contribution in [-0.4, -0.2) is 52.3 Å². The summed E-state index contributed by atoms with van der Waals surface area (Å²) in [5, 5.41) is 18.6. The molecular weight excluding hydrogens is 407 g/mol. The van der Waals surface area contributed by atoms with Crippen molar-refractivity contribution in [3.63, 3.8) is 0 Å². The van der Waals surface area contributed by atoms with Crippen LogP contribution in [0.3, 0.4) is 0 Å². The number of halogens is 3. The van der Waals surface area contributed by atoms with Crippen LogP contribution in [0.2, 0.25) is 0 Å². The monoisotopic (exact) mass is 429 g/mol. The number of rotatable bonds is 10. The highest BCUT2D eigenvalue weighted by Gasteiger charge is 2.38. The molecule has 3 N–H and O–H groups in total. The van der Waals surface area contributed by atoms with E-state index < -0.39 is 18.1 Å². The topological polar surface area (TPSA) is 104 Å². The molecular formula is C16H22F3NO5S2. The maximum Gasteiger partial charge on any atom is 0.490 e. The van der Waals surface area contributed by atoms with E-state index in [1.54, 1.807) is 10.8 Å². The van der Waals surface area contributed by atoms with Gasteiger partial charge in [-0.2, -0.15) is 13.2 Å². The summed E-state index contributed by atoms with van der Waals surface area (Å²) in [4.78, 5) is 31.5. The second kappa shape index (κ2) is 12.7. The van der Waals surface area contributed by atoms with Crippen molar-refractivity contribution in [3.8, 4) is 0 Å². The van der Waals surface area contributed by atoms with Crippen LogP contribution in [0.5, 0.6) is 0 Å². The average molecular weight is 429 g/mol. The van der Waals surface area contributed by atoms with Crippen LogP contribution in [-0.2, 0) is 14.4 Å². The lowest BCUT2D eigenvalue weighted by Gasteiger charge is -2.26. The van der Waals surface area contributed by atoms with Gasteiger partial charge >= 0.3 is 18.1 Å². The summed E-state index contributed by atoms with van der Waals surface area (Å²) in [6, 6.07) is 0. The van der Waals surface area contributed by atoms with E-state index in [1.807, 2.05) is 6.08 Å². The average Bonchev–Trinajstić information content (AvgIpc) is 3.03. The molecule has 1 rings (SSSR count). The molecule has 0 atom stereocenters. The smallest absolute Gasteiger partial charge is 0.481 e. The van der Waals surface area contributed by atoms with E-state index in [2.05, 4.69) is 24.0 Å². The van der Waals surface area contributed by atoms with Gasteiger partial charge in [0, 0.05) is 18.1 Å². The highest BCUT2D eigenvalue weighted by atomic mass is 33.1. The number of allylic oxidation sites excluding steroid dienone is 3. The van der Waals surface area contributed by atoms with Crippen molar-refractivity contribution >= 4 is 39.4 Å². The van der Waals surface area contributed by atoms with Gasteiger partial charge in [-0.25, -0.2) is 4.79 Å². The Labute approximate surface area is 163 Å². The number of carboxylic acid groups (broad SMARTS) is 2. The van der Waals surface area contributed by atoms with Gasteiger partial charge in [0.25, 0.3) is 0 Å². The Morgan fingerprint density at radius 3 is 2.11 bits per heavy atom. The summed E-state index contributed by atoms with van der Waals surface area (Å²) in [7, 11) is 3.13. The molecule has 0 fully saturated rings. The number of aliphatic carboxylic acids is 2. The molecule has 0 heterocycles. The Balaban J connectivity index is 0.000000821. The normalized spacial score (nSPS) is 14.8. The third-order valence-electron chi connectivity index (χ3n) is 3.40. The van der Waals surface area contributed by atoms with E-state index >= 15 is 0 Å². The maximum absolute atomic E-state index is 12.2. The molecule has 27 heavy (non-hydrogen) atoms. The summed E-state index contributed by atoms with van der Waals surface area (Å²) >= 11 is 0. The largest absolute Gasteiger partial charge is 0.490 e. The van der Waals surface area contributed by atoms with Crippen LogP contribution in [0, 0.1) is 5.41 Å². The molecule has 0 radical (unpaired) electrons. The van der Waals surface area contributed by atoms with Crippen LogP contribution in [0.1, 0.15) is 25.7 Å². The van der Waals surface area contributed by atoms with Crippen molar-refractivity contribution < 1.29 is 37.8 Å². The summed E-state index contributed by atoms with van der Waals surface area (Å²) in [5.74, 6) is -2.05. The molecule has 154 valence electrons. The molecule has 0 unspecified atom stereocenters. The minimum Gasteiger partial charge on any atom is -0.481 e. The molecule has 0 saturated heterocycles. The van der Waals surface area contributed by atoms with E-state index in [1.165, 1.54) is 10.8 Å². The van der Waals surface area contributed by atoms with E-state index in [0.29, 0.717) is 18.7 Å². The number of hydrogen-bond acceptors (Lipinski definition) is 5. The van der Waals surface area contributed by atoms with E-state index in [9.17, 15) is 22.8 Å². The molecule has 1 aliphatic rings. The van der Waals surface area contributed by atoms with Gasteiger partial charge in [0.15, 0.2) is 0 Å². The van der Waals surface area contributed by atoms with Crippen molar-refractivity contribution in [2.75, 3.05) is 18.1 Å². The second-order valence-electron chi connectivity index (χ2n) is 5.50.